The quantitative estimate of drug-likeness (QED) is 0.784. The summed E-state index contributed by atoms with van der Waals surface area (Å²) in [5, 5.41) is 8.89. The first-order valence-corrected chi connectivity index (χ1v) is 7.59. The highest BCUT2D eigenvalue weighted by molar-refractivity contribution is 7.18. The first-order valence-electron chi connectivity index (χ1n) is 6.77. The van der Waals surface area contributed by atoms with E-state index in [0.29, 0.717) is 6.04 Å². The van der Waals surface area contributed by atoms with Crippen LogP contribution in [-0.2, 0) is 20.0 Å². The lowest BCUT2D eigenvalue weighted by Crippen LogP contribution is -2.28. The average Bonchev–Trinajstić information content (AvgIpc) is 3.01. The Hall–Kier alpha value is -1.72. The zero-order valence-electron chi connectivity index (χ0n) is 11.7. The molecule has 0 aliphatic heterocycles. The normalized spacial score (nSPS) is 12.9. The molecule has 0 bridgehead atoms. The van der Waals surface area contributed by atoms with Gasteiger partial charge in [0.15, 0.2) is 0 Å². The third kappa shape index (κ3) is 2.89. The van der Waals surface area contributed by atoms with Crippen molar-refractivity contribution in [2.24, 2.45) is 7.05 Å². The smallest absolute Gasteiger partial charge is 0.0954 e. The summed E-state index contributed by atoms with van der Waals surface area (Å²) in [6, 6.07) is 10.7. The van der Waals surface area contributed by atoms with Crippen molar-refractivity contribution in [2.45, 2.75) is 25.9 Å². The van der Waals surface area contributed by atoms with Crippen LogP contribution in [0, 0.1) is 0 Å². The van der Waals surface area contributed by atoms with Crippen LogP contribution in [0.1, 0.15) is 17.6 Å². The lowest BCUT2D eigenvalue weighted by molar-refractivity contribution is 0.525. The van der Waals surface area contributed by atoms with Gasteiger partial charge in [0.25, 0.3) is 0 Å². The van der Waals surface area contributed by atoms with Crippen molar-refractivity contribution in [3.8, 4) is 0 Å². The van der Waals surface area contributed by atoms with Gasteiger partial charge in [-0.3, -0.25) is 4.68 Å². The Morgan fingerprint density at radius 2 is 2.15 bits per heavy atom. The van der Waals surface area contributed by atoms with E-state index in [-0.39, 0.29) is 0 Å². The van der Waals surface area contributed by atoms with Gasteiger partial charge in [0.1, 0.15) is 0 Å². The fourth-order valence-electron chi connectivity index (χ4n) is 2.19. The van der Waals surface area contributed by atoms with Crippen LogP contribution in [0.15, 0.2) is 36.5 Å². The Balaban J connectivity index is 1.61. The summed E-state index contributed by atoms with van der Waals surface area (Å²) in [5.41, 5.74) is 2.30. The molecule has 20 heavy (non-hydrogen) atoms. The Kier molecular flexibility index (Phi) is 3.80. The molecule has 2 aromatic heterocycles. The Morgan fingerprint density at radius 1 is 1.30 bits per heavy atom. The molecule has 0 aliphatic rings. The molecule has 3 rings (SSSR count). The third-order valence-corrected chi connectivity index (χ3v) is 4.43. The predicted molar refractivity (Wildman–Crippen MR) is 82.8 cm³/mol. The number of aryl methyl sites for hydroxylation is 1. The van der Waals surface area contributed by atoms with E-state index in [9.17, 15) is 0 Å². The first kappa shape index (κ1) is 13.3. The molecule has 0 radical (unpaired) electrons. The SMILES string of the molecule is CC(Cc1nc2ccccc2s1)NCc1ccnn1C. The minimum Gasteiger partial charge on any atom is -0.308 e. The molecule has 4 nitrogen and oxygen atoms in total. The fraction of sp³-hybridized carbons (Fsp3) is 0.333. The second-order valence-corrected chi connectivity index (χ2v) is 6.12. The highest BCUT2D eigenvalue weighted by atomic mass is 32.1. The van der Waals surface area contributed by atoms with Crippen LogP contribution < -0.4 is 5.32 Å². The lowest BCUT2D eigenvalue weighted by Gasteiger charge is -2.12. The van der Waals surface area contributed by atoms with Gasteiger partial charge in [-0.15, -0.1) is 11.3 Å². The molecule has 104 valence electrons. The van der Waals surface area contributed by atoms with E-state index in [1.54, 1.807) is 11.3 Å². The summed E-state index contributed by atoms with van der Waals surface area (Å²) in [6.45, 7) is 3.03. The Labute approximate surface area is 122 Å². The number of hydrogen-bond donors (Lipinski definition) is 1. The maximum atomic E-state index is 4.68. The monoisotopic (exact) mass is 286 g/mol. The highest BCUT2D eigenvalue weighted by Crippen LogP contribution is 2.22. The van der Waals surface area contributed by atoms with Crippen LogP contribution in [0.5, 0.6) is 0 Å². The molecule has 0 spiro atoms. The van der Waals surface area contributed by atoms with Crippen molar-refractivity contribution in [3.05, 3.63) is 47.2 Å². The van der Waals surface area contributed by atoms with Gasteiger partial charge in [-0.1, -0.05) is 12.1 Å². The Bertz CT molecular complexity index is 668. The first-order chi connectivity index (χ1) is 9.72. The molecule has 0 saturated carbocycles. The zero-order valence-corrected chi connectivity index (χ0v) is 12.5. The number of benzene rings is 1. The number of nitrogens with zero attached hydrogens (tertiary/aromatic N) is 3. The van der Waals surface area contributed by atoms with Gasteiger partial charge in [0.05, 0.1) is 20.9 Å². The van der Waals surface area contributed by atoms with Gasteiger partial charge < -0.3 is 5.32 Å². The number of aromatic nitrogens is 3. The minimum absolute atomic E-state index is 0.394. The topological polar surface area (TPSA) is 42.7 Å². The van der Waals surface area contributed by atoms with E-state index in [0.717, 1.165) is 18.5 Å². The number of para-hydroxylation sites is 1. The molecule has 0 saturated heterocycles. The molecule has 1 unspecified atom stereocenters. The summed E-state index contributed by atoms with van der Waals surface area (Å²) in [7, 11) is 1.97. The fourth-order valence-corrected chi connectivity index (χ4v) is 3.29. The summed E-state index contributed by atoms with van der Waals surface area (Å²) in [4.78, 5) is 4.68. The van der Waals surface area contributed by atoms with Crippen molar-refractivity contribution in [1.82, 2.24) is 20.1 Å². The minimum atomic E-state index is 0.394. The predicted octanol–water partition coefficient (Wildman–Crippen LogP) is 2.75. The van der Waals surface area contributed by atoms with Crippen molar-refractivity contribution in [2.75, 3.05) is 0 Å². The van der Waals surface area contributed by atoms with E-state index in [1.807, 2.05) is 30.1 Å². The van der Waals surface area contributed by atoms with Crippen LogP contribution >= 0.6 is 11.3 Å². The maximum absolute atomic E-state index is 4.68. The van der Waals surface area contributed by atoms with E-state index in [2.05, 4.69) is 40.5 Å². The Morgan fingerprint density at radius 3 is 2.90 bits per heavy atom. The zero-order chi connectivity index (χ0) is 13.9. The molecule has 2 heterocycles. The molecule has 0 aliphatic carbocycles. The van der Waals surface area contributed by atoms with Crippen molar-refractivity contribution >= 4 is 21.6 Å². The van der Waals surface area contributed by atoms with Gasteiger partial charge in [0.2, 0.25) is 0 Å². The summed E-state index contributed by atoms with van der Waals surface area (Å²) >= 11 is 1.78. The molecule has 1 N–H and O–H groups in total. The van der Waals surface area contributed by atoms with Crippen molar-refractivity contribution < 1.29 is 0 Å². The number of nitrogens with one attached hydrogen (secondary N) is 1. The number of rotatable bonds is 5. The second-order valence-electron chi connectivity index (χ2n) is 5.01. The largest absolute Gasteiger partial charge is 0.308 e. The number of fused-ring (bicyclic) bond motifs is 1. The summed E-state index contributed by atoms with van der Waals surface area (Å²) < 4.78 is 3.17. The molecule has 5 heteroatoms. The summed E-state index contributed by atoms with van der Waals surface area (Å²) in [6.07, 6.45) is 2.78. The van der Waals surface area contributed by atoms with Crippen LogP contribution in [0.4, 0.5) is 0 Å². The highest BCUT2D eigenvalue weighted by Gasteiger charge is 2.09. The van der Waals surface area contributed by atoms with Gasteiger partial charge >= 0.3 is 0 Å². The average molecular weight is 286 g/mol. The van der Waals surface area contributed by atoms with Crippen LogP contribution in [-0.4, -0.2) is 20.8 Å². The lowest BCUT2D eigenvalue weighted by atomic mass is 10.2. The number of thiazole rings is 1. The standard InChI is InChI=1S/C15H18N4S/c1-11(16-10-12-7-8-17-19(12)2)9-15-18-13-5-3-4-6-14(13)20-15/h3-8,11,16H,9-10H2,1-2H3. The second kappa shape index (κ2) is 5.73. The molecule has 0 amide bonds. The summed E-state index contributed by atoms with van der Waals surface area (Å²) in [5.74, 6) is 0. The molecule has 1 aromatic carbocycles. The van der Waals surface area contributed by atoms with Crippen molar-refractivity contribution in [1.29, 1.82) is 0 Å². The molecule has 0 fully saturated rings. The van der Waals surface area contributed by atoms with Gasteiger partial charge in [-0.2, -0.15) is 5.10 Å². The van der Waals surface area contributed by atoms with E-state index in [1.165, 1.54) is 15.4 Å². The van der Waals surface area contributed by atoms with E-state index in [4.69, 9.17) is 0 Å². The van der Waals surface area contributed by atoms with Crippen LogP contribution in [0.3, 0.4) is 0 Å². The number of hydrogen-bond acceptors (Lipinski definition) is 4. The molecular weight excluding hydrogens is 268 g/mol. The van der Waals surface area contributed by atoms with E-state index < -0.39 is 0 Å². The third-order valence-electron chi connectivity index (χ3n) is 3.37. The van der Waals surface area contributed by atoms with Gasteiger partial charge in [-0.25, -0.2) is 4.98 Å². The van der Waals surface area contributed by atoms with Gasteiger partial charge in [0, 0.05) is 32.3 Å². The molecular formula is C15H18N4S. The van der Waals surface area contributed by atoms with E-state index >= 15 is 0 Å². The van der Waals surface area contributed by atoms with Crippen LogP contribution in [0.25, 0.3) is 10.2 Å². The van der Waals surface area contributed by atoms with Crippen molar-refractivity contribution in [3.63, 3.8) is 0 Å². The molecule has 3 aromatic rings. The molecule has 1 atom stereocenters. The van der Waals surface area contributed by atoms with Crippen LogP contribution in [0.2, 0.25) is 0 Å². The van der Waals surface area contributed by atoms with Gasteiger partial charge in [-0.05, 0) is 25.1 Å². The maximum Gasteiger partial charge on any atom is 0.0954 e.